The molecule has 7 heteroatoms. The lowest BCUT2D eigenvalue weighted by Crippen LogP contribution is -2.37. The Morgan fingerprint density at radius 3 is 2.76 bits per heavy atom. The Bertz CT molecular complexity index is 484. The van der Waals surface area contributed by atoms with Crippen LogP contribution in [0.2, 0.25) is 0 Å². The molecule has 0 bridgehead atoms. The Morgan fingerprint density at radius 1 is 1.48 bits per heavy atom. The van der Waals surface area contributed by atoms with E-state index in [9.17, 15) is 4.21 Å². The van der Waals surface area contributed by atoms with Crippen LogP contribution in [0, 0.1) is 0 Å². The van der Waals surface area contributed by atoms with Gasteiger partial charge in [0.25, 0.3) is 0 Å². The van der Waals surface area contributed by atoms with Gasteiger partial charge < -0.3 is 15.8 Å². The zero-order valence-electron chi connectivity index (χ0n) is 13.3. The van der Waals surface area contributed by atoms with Gasteiger partial charge >= 0.3 is 0 Å². The highest BCUT2D eigenvalue weighted by Gasteiger charge is 2.26. The maximum atomic E-state index is 11.4. The quantitative estimate of drug-likeness (QED) is 0.726. The molecule has 0 radical (unpaired) electrons. The summed E-state index contributed by atoms with van der Waals surface area (Å²) in [5.41, 5.74) is 5.46. The lowest BCUT2D eigenvalue weighted by atomic mass is 9.92. The van der Waals surface area contributed by atoms with E-state index in [-0.39, 0.29) is 11.5 Å². The van der Waals surface area contributed by atoms with Crippen molar-refractivity contribution in [3.05, 3.63) is 6.20 Å². The van der Waals surface area contributed by atoms with Gasteiger partial charge in [-0.1, -0.05) is 19.8 Å². The molecule has 21 heavy (non-hydrogen) atoms. The molecule has 0 amide bonds. The van der Waals surface area contributed by atoms with Gasteiger partial charge in [0.05, 0.1) is 13.3 Å². The summed E-state index contributed by atoms with van der Waals surface area (Å²) in [5, 5.41) is 3.42. The summed E-state index contributed by atoms with van der Waals surface area (Å²) in [6, 6.07) is 0. The van der Waals surface area contributed by atoms with E-state index in [1.165, 1.54) is 0 Å². The Hall–Kier alpha value is -1.37. The van der Waals surface area contributed by atoms with Gasteiger partial charge in [0.2, 0.25) is 5.95 Å². The normalized spacial score (nSPS) is 15.2. The Kier molecular flexibility index (Phi) is 6.87. The van der Waals surface area contributed by atoms with Crippen LogP contribution >= 0.6 is 0 Å². The zero-order chi connectivity index (χ0) is 15.9. The van der Waals surface area contributed by atoms with Crippen LogP contribution < -0.4 is 15.8 Å². The van der Waals surface area contributed by atoms with Crippen molar-refractivity contribution >= 4 is 22.6 Å². The highest BCUT2D eigenvalue weighted by Crippen LogP contribution is 2.29. The number of anilines is 2. The maximum Gasteiger partial charge on any atom is 0.222 e. The molecular formula is C14H26N4O2S. The van der Waals surface area contributed by atoms with Crippen LogP contribution in [0.5, 0.6) is 5.75 Å². The highest BCUT2D eigenvalue weighted by molar-refractivity contribution is 7.84. The van der Waals surface area contributed by atoms with Gasteiger partial charge in [-0.25, -0.2) is 4.98 Å². The lowest BCUT2D eigenvalue weighted by molar-refractivity contribution is 0.403. The molecule has 1 aromatic rings. The molecule has 0 aliphatic rings. The van der Waals surface area contributed by atoms with Crippen LogP contribution in [-0.2, 0) is 10.8 Å². The second-order valence-electron chi connectivity index (χ2n) is 5.46. The maximum absolute atomic E-state index is 11.4. The fraction of sp³-hybridized carbons (Fsp3) is 0.714. The van der Waals surface area contributed by atoms with Crippen LogP contribution in [0.15, 0.2) is 6.20 Å². The molecule has 0 aromatic carbocycles. The third kappa shape index (κ3) is 5.87. The van der Waals surface area contributed by atoms with Crippen LogP contribution in [0.4, 0.5) is 11.8 Å². The minimum Gasteiger partial charge on any atom is -0.491 e. The van der Waals surface area contributed by atoms with E-state index in [4.69, 9.17) is 10.5 Å². The Labute approximate surface area is 129 Å². The SMILES string of the molecule is CCCCC(C)(CCS(C)=O)Nc1nc(N)ncc1OC. The van der Waals surface area contributed by atoms with E-state index in [1.807, 2.05) is 0 Å². The summed E-state index contributed by atoms with van der Waals surface area (Å²) in [7, 11) is 0.758. The van der Waals surface area contributed by atoms with E-state index >= 15 is 0 Å². The standard InChI is InChI=1S/C14H26N4O2S/c1-5-6-7-14(2,8-9-21(4)19)18-12-11(20-3)10-16-13(15)17-12/h10H,5-9H2,1-4H3,(H3,15,16,17,18). The summed E-state index contributed by atoms with van der Waals surface area (Å²) in [4.78, 5) is 8.15. The average molecular weight is 314 g/mol. The molecule has 0 aliphatic heterocycles. The molecule has 0 fully saturated rings. The third-order valence-electron chi connectivity index (χ3n) is 3.44. The van der Waals surface area contributed by atoms with Crippen molar-refractivity contribution in [2.45, 2.75) is 45.1 Å². The van der Waals surface area contributed by atoms with Crippen LogP contribution in [0.1, 0.15) is 39.5 Å². The molecule has 120 valence electrons. The first-order valence-corrected chi connectivity index (χ1v) is 8.87. The van der Waals surface area contributed by atoms with E-state index in [1.54, 1.807) is 19.6 Å². The molecule has 1 heterocycles. The number of rotatable bonds is 9. The summed E-state index contributed by atoms with van der Waals surface area (Å²) >= 11 is 0. The van der Waals surface area contributed by atoms with Crippen molar-refractivity contribution < 1.29 is 8.95 Å². The number of unbranched alkanes of at least 4 members (excludes halogenated alkanes) is 1. The average Bonchev–Trinajstić information content (AvgIpc) is 2.43. The number of nitrogen functional groups attached to an aromatic ring is 1. The molecule has 3 N–H and O–H groups in total. The number of nitrogens with one attached hydrogen (secondary N) is 1. The number of hydrogen-bond acceptors (Lipinski definition) is 6. The van der Waals surface area contributed by atoms with Crippen LogP contribution in [-0.4, -0.2) is 38.8 Å². The topological polar surface area (TPSA) is 90.1 Å². The van der Waals surface area contributed by atoms with Gasteiger partial charge in [0, 0.05) is 28.3 Å². The summed E-state index contributed by atoms with van der Waals surface area (Å²) in [6.45, 7) is 4.27. The van der Waals surface area contributed by atoms with Gasteiger partial charge in [0.15, 0.2) is 11.6 Å². The number of ether oxygens (including phenoxy) is 1. The molecule has 1 rings (SSSR count). The third-order valence-corrected chi connectivity index (χ3v) is 4.22. The highest BCUT2D eigenvalue weighted by atomic mass is 32.2. The molecule has 0 saturated carbocycles. The first-order chi connectivity index (χ1) is 9.90. The summed E-state index contributed by atoms with van der Waals surface area (Å²) in [5.74, 6) is 2.00. The van der Waals surface area contributed by atoms with Crippen molar-refractivity contribution in [1.82, 2.24) is 9.97 Å². The minimum atomic E-state index is -0.816. The van der Waals surface area contributed by atoms with Gasteiger partial charge in [-0.15, -0.1) is 0 Å². The predicted molar refractivity (Wildman–Crippen MR) is 88.1 cm³/mol. The Balaban J connectivity index is 2.93. The molecule has 2 atom stereocenters. The van der Waals surface area contributed by atoms with E-state index in [0.717, 1.165) is 25.7 Å². The smallest absolute Gasteiger partial charge is 0.222 e. The Morgan fingerprint density at radius 2 is 2.19 bits per heavy atom. The lowest BCUT2D eigenvalue weighted by Gasteiger charge is -2.32. The van der Waals surface area contributed by atoms with E-state index in [0.29, 0.717) is 17.3 Å². The monoisotopic (exact) mass is 314 g/mol. The molecule has 0 aliphatic carbocycles. The van der Waals surface area contributed by atoms with Gasteiger partial charge in [-0.3, -0.25) is 4.21 Å². The first-order valence-electron chi connectivity index (χ1n) is 7.15. The predicted octanol–water partition coefficient (Wildman–Crippen LogP) is 2.20. The number of methoxy groups -OCH3 is 1. The van der Waals surface area contributed by atoms with Crippen LogP contribution in [0.3, 0.4) is 0 Å². The summed E-state index contributed by atoms with van der Waals surface area (Å²) < 4.78 is 16.7. The van der Waals surface area contributed by atoms with Crippen molar-refractivity contribution in [2.75, 3.05) is 30.2 Å². The zero-order valence-corrected chi connectivity index (χ0v) is 14.1. The number of nitrogens with zero attached hydrogens (tertiary/aromatic N) is 2. The van der Waals surface area contributed by atoms with Gasteiger partial charge in [0.1, 0.15) is 0 Å². The van der Waals surface area contributed by atoms with Crippen molar-refractivity contribution in [3.8, 4) is 5.75 Å². The van der Waals surface area contributed by atoms with E-state index in [2.05, 4.69) is 29.1 Å². The number of hydrogen-bond donors (Lipinski definition) is 2. The van der Waals surface area contributed by atoms with Crippen molar-refractivity contribution in [1.29, 1.82) is 0 Å². The fourth-order valence-corrected chi connectivity index (χ4v) is 2.83. The van der Waals surface area contributed by atoms with Gasteiger partial charge in [-0.2, -0.15) is 4.98 Å². The minimum absolute atomic E-state index is 0.199. The molecule has 0 saturated heterocycles. The number of nitrogens with two attached hydrogens (primary N) is 1. The first kappa shape index (κ1) is 17.7. The molecule has 2 unspecified atom stereocenters. The largest absolute Gasteiger partial charge is 0.491 e. The van der Waals surface area contributed by atoms with Crippen molar-refractivity contribution in [2.24, 2.45) is 0 Å². The number of aromatic nitrogens is 2. The molecule has 0 spiro atoms. The second kappa shape index (κ2) is 8.17. The molecule has 1 aromatic heterocycles. The molecular weight excluding hydrogens is 288 g/mol. The fourth-order valence-electron chi connectivity index (χ4n) is 2.10. The molecule has 6 nitrogen and oxygen atoms in total. The van der Waals surface area contributed by atoms with Crippen molar-refractivity contribution in [3.63, 3.8) is 0 Å². The van der Waals surface area contributed by atoms with Crippen LogP contribution in [0.25, 0.3) is 0 Å². The second-order valence-corrected chi connectivity index (χ2v) is 7.02. The van der Waals surface area contributed by atoms with Gasteiger partial charge in [-0.05, 0) is 19.8 Å². The summed E-state index contributed by atoms with van der Waals surface area (Å²) in [6.07, 6.45) is 7.24. The van der Waals surface area contributed by atoms with E-state index < -0.39 is 10.8 Å².